The minimum Gasteiger partial charge on any atom is -0.388 e. The molecule has 0 saturated carbocycles. The number of alkyl halides is 1. The van der Waals surface area contributed by atoms with Crippen LogP contribution >= 0.6 is 23.5 Å². The maximum absolute atomic E-state index is 13.3. The first-order chi connectivity index (χ1) is 13.6. The zero-order chi connectivity index (χ0) is 22.9. The Bertz CT molecular complexity index is 1020. The quantitative estimate of drug-likeness (QED) is 0.217. The smallest absolute Gasteiger partial charge is 0.388 e. The van der Waals surface area contributed by atoms with Gasteiger partial charge in [0.25, 0.3) is 5.56 Å². The first kappa shape index (κ1) is 25.2. The highest BCUT2D eigenvalue weighted by Crippen LogP contribution is 2.66. The van der Waals surface area contributed by atoms with Crippen LogP contribution in [-0.2, 0) is 31.6 Å². The molecule has 20 heteroatoms. The number of ether oxygens (including phenoxy) is 1. The molecule has 2 unspecified atom stereocenters. The van der Waals surface area contributed by atoms with Crippen molar-refractivity contribution >= 4 is 23.5 Å². The van der Waals surface area contributed by atoms with E-state index >= 15 is 0 Å². The number of nitrogens with one attached hydrogen (secondary N) is 1. The summed E-state index contributed by atoms with van der Waals surface area (Å²) in [6.45, 7) is -2.27. The standard InChI is InChI=1S/C10H16FN2O14P3/c11-3-5-6(4-24-29(20,21)27-30(22,23)26-28(17,18)19)25-9(8(5)15)13-2-1-7(14)12-10(13)16/h1-2,5-6,8-9,15H,3-4H2,(H,20,21)(H,22,23)(H,12,14,16)(H2,17,18,19)/t5-,6-,8-,9-/m1/s1. The molecule has 1 aliphatic heterocycles. The molecule has 172 valence electrons. The Morgan fingerprint density at radius 1 is 1.13 bits per heavy atom. The van der Waals surface area contributed by atoms with Crippen molar-refractivity contribution in [3.63, 3.8) is 0 Å². The first-order valence-electron chi connectivity index (χ1n) is 7.63. The van der Waals surface area contributed by atoms with Gasteiger partial charge in [0.05, 0.1) is 19.4 Å². The van der Waals surface area contributed by atoms with Gasteiger partial charge in [0, 0.05) is 18.2 Å². The number of halogens is 1. The summed E-state index contributed by atoms with van der Waals surface area (Å²) in [5.74, 6) is -1.40. The van der Waals surface area contributed by atoms with Gasteiger partial charge in [-0.2, -0.15) is 8.62 Å². The molecule has 16 nitrogen and oxygen atoms in total. The number of phosphoric ester groups is 1. The molecule has 0 amide bonds. The SMILES string of the molecule is O=c1ccn([C@@H]2O[C@H](COP(=O)(O)OP(=O)(O)OP(=O)(O)O)[C@@H](CF)[C@H]2O)c(=O)[nH]1. The topological polar surface area (TPSA) is 244 Å². The van der Waals surface area contributed by atoms with Crippen LogP contribution in [0, 0.1) is 5.92 Å². The van der Waals surface area contributed by atoms with Crippen molar-refractivity contribution in [1.29, 1.82) is 0 Å². The normalized spacial score (nSPS) is 28.7. The third-order valence-corrected chi connectivity index (χ3v) is 7.45. The molecular weight excluding hydrogens is 484 g/mol. The first-order valence-corrected chi connectivity index (χ1v) is 12.2. The summed E-state index contributed by atoms with van der Waals surface area (Å²) >= 11 is 0. The number of aliphatic hydroxyl groups is 1. The van der Waals surface area contributed by atoms with Crippen LogP contribution in [0.25, 0.3) is 0 Å². The lowest BCUT2D eigenvalue weighted by Gasteiger charge is -2.20. The molecule has 1 fully saturated rings. The summed E-state index contributed by atoms with van der Waals surface area (Å²) in [5.41, 5.74) is -1.76. The van der Waals surface area contributed by atoms with Crippen molar-refractivity contribution in [2.24, 2.45) is 5.92 Å². The van der Waals surface area contributed by atoms with Crippen LogP contribution in [-0.4, -0.2) is 59.7 Å². The molecule has 2 heterocycles. The van der Waals surface area contributed by atoms with E-state index in [0.29, 0.717) is 0 Å². The molecule has 1 aliphatic rings. The number of H-pyrrole nitrogens is 1. The van der Waals surface area contributed by atoms with E-state index in [1.807, 2.05) is 4.98 Å². The molecule has 6 N–H and O–H groups in total. The van der Waals surface area contributed by atoms with E-state index in [-0.39, 0.29) is 0 Å². The minimum atomic E-state index is -5.75. The number of aliphatic hydroxyl groups excluding tert-OH is 1. The molecule has 1 saturated heterocycles. The van der Waals surface area contributed by atoms with Crippen molar-refractivity contribution in [3.05, 3.63) is 33.1 Å². The lowest BCUT2D eigenvalue weighted by molar-refractivity contribution is -0.0530. The predicted octanol–water partition coefficient (Wildman–Crippen LogP) is -1.28. The van der Waals surface area contributed by atoms with E-state index in [4.69, 9.17) is 19.4 Å². The third-order valence-electron chi connectivity index (χ3n) is 3.64. The summed E-state index contributed by atoms with van der Waals surface area (Å²) in [7, 11) is -16.8. The number of hydrogen-bond acceptors (Lipinski definition) is 10. The molecule has 0 spiro atoms. The van der Waals surface area contributed by atoms with Crippen molar-refractivity contribution in [3.8, 4) is 0 Å². The zero-order valence-electron chi connectivity index (χ0n) is 14.5. The average molecular weight is 500 g/mol. The number of aromatic nitrogens is 2. The fourth-order valence-electron chi connectivity index (χ4n) is 2.47. The molecule has 0 aromatic carbocycles. The van der Waals surface area contributed by atoms with E-state index in [0.717, 1.165) is 16.8 Å². The molecule has 1 aromatic heterocycles. The molecule has 1 aromatic rings. The Morgan fingerprint density at radius 3 is 2.30 bits per heavy atom. The second kappa shape index (κ2) is 9.20. The number of nitrogens with zero attached hydrogens (tertiary/aromatic N) is 1. The number of aromatic amines is 1. The van der Waals surface area contributed by atoms with Crippen molar-refractivity contribution < 1.29 is 60.6 Å². The Kier molecular flexibility index (Phi) is 7.73. The highest BCUT2D eigenvalue weighted by molar-refractivity contribution is 7.66. The van der Waals surface area contributed by atoms with Crippen LogP contribution in [0.15, 0.2) is 21.9 Å². The van der Waals surface area contributed by atoms with Gasteiger partial charge in [-0.15, -0.1) is 0 Å². The minimum absolute atomic E-state index is 0.722. The molecule has 0 aliphatic carbocycles. The van der Waals surface area contributed by atoms with Gasteiger partial charge in [0.15, 0.2) is 6.23 Å². The third kappa shape index (κ3) is 6.72. The van der Waals surface area contributed by atoms with E-state index < -0.39 is 72.4 Å². The predicted molar refractivity (Wildman–Crippen MR) is 90.5 cm³/mol. The second-order valence-electron chi connectivity index (χ2n) is 5.78. The maximum atomic E-state index is 13.3. The van der Waals surface area contributed by atoms with Crippen LogP contribution in [0.1, 0.15) is 6.23 Å². The monoisotopic (exact) mass is 500 g/mol. The van der Waals surface area contributed by atoms with Crippen molar-refractivity contribution in [2.75, 3.05) is 13.3 Å². The number of rotatable bonds is 9. The molecule has 6 atom stereocenters. The van der Waals surface area contributed by atoms with Gasteiger partial charge in [-0.25, -0.2) is 18.5 Å². The average Bonchev–Trinajstić information content (AvgIpc) is 2.85. The second-order valence-corrected chi connectivity index (χ2v) is 10.2. The van der Waals surface area contributed by atoms with Gasteiger partial charge in [0.2, 0.25) is 0 Å². The van der Waals surface area contributed by atoms with E-state index in [1.165, 1.54) is 0 Å². The summed E-state index contributed by atoms with van der Waals surface area (Å²) in [5, 5.41) is 10.2. The van der Waals surface area contributed by atoms with Crippen molar-refractivity contribution in [2.45, 2.75) is 18.4 Å². The van der Waals surface area contributed by atoms with Gasteiger partial charge >= 0.3 is 29.2 Å². The highest BCUT2D eigenvalue weighted by Gasteiger charge is 2.47. The van der Waals surface area contributed by atoms with Crippen LogP contribution in [0.4, 0.5) is 4.39 Å². The number of phosphoric acid groups is 3. The highest BCUT2D eigenvalue weighted by atomic mass is 31.3. The van der Waals surface area contributed by atoms with E-state index in [9.17, 15) is 37.7 Å². The molecule has 0 radical (unpaired) electrons. The lowest BCUT2D eigenvalue weighted by atomic mass is 10.00. The zero-order valence-corrected chi connectivity index (χ0v) is 17.1. The molecular formula is C10H16FN2O14P3. The Labute approximate surface area is 165 Å². The fourth-order valence-corrected chi connectivity index (χ4v) is 5.50. The number of hydrogen-bond donors (Lipinski definition) is 6. The van der Waals surface area contributed by atoms with Crippen LogP contribution in [0.3, 0.4) is 0 Å². The lowest BCUT2D eigenvalue weighted by Crippen LogP contribution is -2.36. The van der Waals surface area contributed by atoms with Crippen LogP contribution < -0.4 is 11.2 Å². The van der Waals surface area contributed by atoms with Crippen LogP contribution in [0.2, 0.25) is 0 Å². The molecule has 0 bridgehead atoms. The maximum Gasteiger partial charge on any atom is 0.490 e. The van der Waals surface area contributed by atoms with E-state index in [2.05, 4.69) is 13.1 Å². The molecule has 30 heavy (non-hydrogen) atoms. The molecule has 2 rings (SSSR count). The summed E-state index contributed by atoms with van der Waals surface area (Å²) in [4.78, 5) is 60.2. The summed E-state index contributed by atoms with van der Waals surface area (Å²) in [6.07, 6.45) is -3.73. The van der Waals surface area contributed by atoms with E-state index in [1.54, 1.807) is 0 Å². The van der Waals surface area contributed by atoms with Gasteiger partial charge in [-0.3, -0.25) is 23.3 Å². The summed E-state index contributed by atoms with van der Waals surface area (Å²) in [6, 6.07) is 0.918. The van der Waals surface area contributed by atoms with Gasteiger partial charge in [-0.05, 0) is 0 Å². The Hall–Kier alpha value is -1.06. The Balaban J connectivity index is 2.11. The van der Waals surface area contributed by atoms with Gasteiger partial charge in [0.1, 0.15) is 6.10 Å². The Morgan fingerprint density at radius 2 is 1.77 bits per heavy atom. The fraction of sp³-hybridized carbons (Fsp3) is 0.600. The van der Waals surface area contributed by atoms with Crippen molar-refractivity contribution in [1.82, 2.24) is 9.55 Å². The van der Waals surface area contributed by atoms with Gasteiger partial charge in [-0.1, -0.05) is 0 Å². The largest absolute Gasteiger partial charge is 0.490 e. The van der Waals surface area contributed by atoms with Gasteiger partial charge < -0.3 is 29.4 Å². The summed E-state index contributed by atoms with van der Waals surface area (Å²) < 4.78 is 64.3. The van der Waals surface area contributed by atoms with Crippen LogP contribution in [0.5, 0.6) is 0 Å².